The molecule has 0 saturated heterocycles. The number of unbranched alkanes of at least 4 members (excludes halogenated alkanes) is 17. The van der Waals surface area contributed by atoms with Gasteiger partial charge in [-0.3, -0.25) is 18.6 Å². The summed E-state index contributed by atoms with van der Waals surface area (Å²) in [5.74, 6) is -0.953. The van der Waals surface area contributed by atoms with Crippen LogP contribution in [0.1, 0.15) is 194 Å². The van der Waals surface area contributed by atoms with Crippen molar-refractivity contribution in [3.8, 4) is 0 Å². The van der Waals surface area contributed by atoms with Crippen LogP contribution < -0.4 is 0 Å². The van der Waals surface area contributed by atoms with Gasteiger partial charge in [-0.15, -0.1) is 0 Å². The van der Waals surface area contributed by atoms with Crippen LogP contribution in [0.3, 0.4) is 0 Å². The van der Waals surface area contributed by atoms with E-state index < -0.39 is 51.8 Å². The molecule has 3 N–H and O–H groups in total. The second kappa shape index (κ2) is 47.1. The van der Waals surface area contributed by atoms with Gasteiger partial charge in [0.15, 0.2) is 6.10 Å². The summed E-state index contributed by atoms with van der Waals surface area (Å²) in [4.78, 5) is 35.2. The number of phosphoric acid groups is 1. The molecular formula is C52H89O10P. The van der Waals surface area contributed by atoms with Crippen LogP contribution >= 0.6 is 7.82 Å². The summed E-state index contributed by atoms with van der Waals surface area (Å²) in [5.41, 5.74) is 0. The van der Waals surface area contributed by atoms with Crippen molar-refractivity contribution in [2.24, 2.45) is 0 Å². The lowest BCUT2D eigenvalue weighted by Gasteiger charge is -2.20. The van der Waals surface area contributed by atoms with Crippen molar-refractivity contribution in [1.29, 1.82) is 0 Å². The van der Waals surface area contributed by atoms with E-state index in [-0.39, 0.29) is 19.4 Å². The molecule has 0 aromatic rings. The summed E-state index contributed by atoms with van der Waals surface area (Å²) >= 11 is 0. The van der Waals surface area contributed by atoms with Crippen molar-refractivity contribution in [3.05, 3.63) is 85.1 Å². The van der Waals surface area contributed by atoms with Crippen LogP contribution in [0.25, 0.3) is 0 Å². The topological polar surface area (TPSA) is 149 Å². The van der Waals surface area contributed by atoms with E-state index in [2.05, 4.69) is 98.9 Å². The fourth-order valence-electron chi connectivity index (χ4n) is 6.28. The first-order valence-corrected chi connectivity index (χ1v) is 26.0. The van der Waals surface area contributed by atoms with Crippen LogP contribution in [0.5, 0.6) is 0 Å². The molecule has 3 atom stereocenters. The van der Waals surface area contributed by atoms with Gasteiger partial charge in [-0.2, -0.15) is 0 Å². The zero-order valence-electron chi connectivity index (χ0n) is 39.5. The third-order valence-electron chi connectivity index (χ3n) is 10.0. The molecule has 63 heavy (non-hydrogen) atoms. The largest absolute Gasteiger partial charge is 0.472 e. The van der Waals surface area contributed by atoms with Crippen LogP contribution in [0.4, 0.5) is 0 Å². The number of allylic oxidation sites excluding steroid dienone is 14. The Kier molecular flexibility index (Phi) is 45.0. The van der Waals surface area contributed by atoms with Gasteiger partial charge in [-0.05, 0) is 89.9 Å². The van der Waals surface area contributed by atoms with Gasteiger partial charge >= 0.3 is 19.8 Å². The minimum absolute atomic E-state index is 0.167. The number of carbonyl (C=O) groups excluding carboxylic acids is 2. The predicted molar refractivity (Wildman–Crippen MR) is 260 cm³/mol. The molecule has 0 radical (unpaired) electrons. The maximum Gasteiger partial charge on any atom is 0.472 e. The standard InChI is InChI=1S/C52H89O10P/c1-3-5-7-9-11-13-15-17-19-21-23-24-26-28-30-32-34-36-38-40-42-44-52(56)62-50(48-61-63(57,58)60-46-49(54)45-53)47-59-51(55)43-41-39-37-35-33-31-29-27-25-22-20-18-16-14-12-10-8-6-4-2/h5,7,11-14,17-20,23-25,27,49-50,53-54H,3-4,6,8-10,15-16,21-22,26,28-48H2,1-2H3,(H,57,58)/b7-5-,13-11-,14-12-,19-17-,20-18-,24-23-,27-25-. The van der Waals surface area contributed by atoms with E-state index in [1.54, 1.807) is 0 Å². The van der Waals surface area contributed by atoms with Crippen molar-refractivity contribution in [2.75, 3.05) is 26.4 Å². The highest BCUT2D eigenvalue weighted by molar-refractivity contribution is 7.47. The molecule has 0 bridgehead atoms. The summed E-state index contributed by atoms with van der Waals surface area (Å²) in [6, 6.07) is 0. The summed E-state index contributed by atoms with van der Waals surface area (Å²) in [6.45, 7) is 2.22. The molecule has 0 heterocycles. The third-order valence-corrected chi connectivity index (χ3v) is 11.0. The quantitative estimate of drug-likeness (QED) is 0.0233. The molecule has 0 aliphatic carbocycles. The fourth-order valence-corrected chi connectivity index (χ4v) is 7.07. The van der Waals surface area contributed by atoms with E-state index in [1.165, 1.54) is 44.9 Å². The van der Waals surface area contributed by atoms with E-state index in [1.807, 2.05) is 0 Å². The number of aliphatic hydroxyl groups excluding tert-OH is 2. The van der Waals surface area contributed by atoms with Crippen molar-refractivity contribution >= 4 is 19.8 Å². The van der Waals surface area contributed by atoms with Gasteiger partial charge in [-0.25, -0.2) is 4.57 Å². The molecule has 0 saturated carbocycles. The number of ether oxygens (including phenoxy) is 2. The Labute approximate surface area is 383 Å². The number of hydrogen-bond donors (Lipinski definition) is 3. The first kappa shape index (κ1) is 60.2. The second-order valence-corrected chi connectivity index (χ2v) is 17.6. The number of aliphatic hydroxyl groups is 2. The lowest BCUT2D eigenvalue weighted by atomic mass is 10.1. The van der Waals surface area contributed by atoms with Gasteiger partial charge in [0.2, 0.25) is 0 Å². The number of esters is 2. The highest BCUT2D eigenvalue weighted by Gasteiger charge is 2.27. The third kappa shape index (κ3) is 46.9. The van der Waals surface area contributed by atoms with E-state index >= 15 is 0 Å². The molecule has 0 fully saturated rings. The normalized spacial score (nSPS) is 14.4. The molecule has 10 nitrogen and oxygen atoms in total. The van der Waals surface area contributed by atoms with Crippen LogP contribution in [0.15, 0.2) is 85.1 Å². The van der Waals surface area contributed by atoms with E-state index in [9.17, 15) is 24.2 Å². The minimum Gasteiger partial charge on any atom is -0.462 e. The molecule has 0 aromatic heterocycles. The average Bonchev–Trinajstić information content (AvgIpc) is 3.27. The van der Waals surface area contributed by atoms with Gasteiger partial charge in [0.05, 0.1) is 19.8 Å². The molecule has 0 aromatic carbocycles. The molecule has 0 amide bonds. The zero-order chi connectivity index (χ0) is 46.2. The lowest BCUT2D eigenvalue weighted by Crippen LogP contribution is -2.29. The Morgan fingerprint density at radius 2 is 0.873 bits per heavy atom. The highest BCUT2D eigenvalue weighted by atomic mass is 31.2. The summed E-state index contributed by atoms with van der Waals surface area (Å²) in [7, 11) is -4.63. The van der Waals surface area contributed by atoms with E-state index in [4.69, 9.17) is 23.6 Å². The molecular weight excluding hydrogens is 816 g/mol. The monoisotopic (exact) mass is 905 g/mol. The van der Waals surface area contributed by atoms with E-state index in [0.717, 1.165) is 109 Å². The first-order valence-electron chi connectivity index (χ1n) is 24.5. The Bertz CT molecular complexity index is 1320. The molecule has 0 aliphatic heterocycles. The number of phosphoric ester groups is 1. The first-order chi connectivity index (χ1) is 30.7. The van der Waals surface area contributed by atoms with Gasteiger partial charge in [-0.1, -0.05) is 176 Å². The van der Waals surface area contributed by atoms with Crippen LogP contribution in [0, 0.1) is 0 Å². The zero-order valence-corrected chi connectivity index (χ0v) is 40.4. The molecule has 0 spiro atoms. The second-order valence-electron chi connectivity index (χ2n) is 16.1. The Morgan fingerprint density at radius 3 is 1.32 bits per heavy atom. The number of hydrogen-bond acceptors (Lipinski definition) is 9. The summed E-state index contributed by atoms with van der Waals surface area (Å²) < 4.78 is 32.8. The van der Waals surface area contributed by atoms with Crippen LogP contribution in [0.2, 0.25) is 0 Å². The molecule has 3 unspecified atom stereocenters. The van der Waals surface area contributed by atoms with Crippen molar-refractivity contribution in [3.63, 3.8) is 0 Å². The Hall–Kier alpha value is -2.85. The average molecular weight is 905 g/mol. The molecule has 0 rings (SSSR count). The maximum atomic E-state index is 12.7. The fraction of sp³-hybridized carbons (Fsp3) is 0.692. The summed E-state index contributed by atoms with van der Waals surface area (Å²) in [6.07, 6.45) is 56.8. The van der Waals surface area contributed by atoms with Gasteiger partial charge in [0.1, 0.15) is 12.7 Å². The highest BCUT2D eigenvalue weighted by Crippen LogP contribution is 2.43. The van der Waals surface area contributed by atoms with Crippen molar-refractivity contribution in [1.82, 2.24) is 0 Å². The molecule has 0 aliphatic rings. The maximum absolute atomic E-state index is 12.7. The van der Waals surface area contributed by atoms with Gasteiger partial charge in [0.25, 0.3) is 0 Å². The predicted octanol–water partition coefficient (Wildman–Crippen LogP) is 13.8. The SMILES string of the molecule is CC/C=C\C/C=C\C/C=C\C/C=C\CCCCCCCCCCC(=O)OC(COC(=O)CCCCCCCC/C=C\C/C=C\C/C=C\CCCCC)COP(=O)(O)OCC(O)CO. The van der Waals surface area contributed by atoms with E-state index in [0.29, 0.717) is 12.8 Å². The van der Waals surface area contributed by atoms with Gasteiger partial charge < -0.3 is 24.6 Å². The van der Waals surface area contributed by atoms with Crippen LogP contribution in [-0.4, -0.2) is 65.7 Å². The molecule has 11 heteroatoms. The minimum atomic E-state index is -4.63. The van der Waals surface area contributed by atoms with Crippen molar-refractivity contribution < 1.29 is 47.8 Å². The molecule has 362 valence electrons. The number of carbonyl (C=O) groups is 2. The van der Waals surface area contributed by atoms with Gasteiger partial charge in [0, 0.05) is 12.8 Å². The van der Waals surface area contributed by atoms with Crippen LogP contribution in [-0.2, 0) is 32.7 Å². The van der Waals surface area contributed by atoms with Crippen molar-refractivity contribution in [2.45, 2.75) is 206 Å². The number of rotatable bonds is 45. The summed E-state index contributed by atoms with van der Waals surface area (Å²) in [5, 5.41) is 18.4. The Balaban J connectivity index is 4.27. The Morgan fingerprint density at radius 1 is 0.492 bits per heavy atom. The smallest absolute Gasteiger partial charge is 0.462 e. The lowest BCUT2D eigenvalue weighted by molar-refractivity contribution is -0.161.